The summed E-state index contributed by atoms with van der Waals surface area (Å²) in [4.78, 5) is 0. The molecule has 0 aromatic heterocycles. The van der Waals surface area contributed by atoms with Crippen molar-refractivity contribution in [1.82, 2.24) is 5.32 Å². The third-order valence-corrected chi connectivity index (χ3v) is 3.90. The maximum absolute atomic E-state index is 13.1. The number of rotatable bonds is 5. The number of nitrogens with one attached hydrogen (secondary N) is 1. The van der Waals surface area contributed by atoms with Crippen LogP contribution in [0.5, 0.6) is 0 Å². The van der Waals surface area contributed by atoms with Crippen molar-refractivity contribution in [3.05, 3.63) is 35.6 Å². The Bertz CT molecular complexity index is 429. The zero-order chi connectivity index (χ0) is 14.8. The number of aliphatic hydroxyl groups is 1. The summed E-state index contributed by atoms with van der Waals surface area (Å²) in [5, 5.41) is 13.0. The highest BCUT2D eigenvalue weighted by Crippen LogP contribution is 2.34. The van der Waals surface area contributed by atoms with Crippen LogP contribution < -0.4 is 5.32 Å². The molecule has 2 rings (SSSR count). The van der Waals surface area contributed by atoms with Gasteiger partial charge in [0.15, 0.2) is 0 Å². The number of ether oxygens (including phenoxy) is 1. The van der Waals surface area contributed by atoms with E-state index in [0.29, 0.717) is 19.8 Å². The molecule has 2 N–H and O–H groups in total. The monoisotopic (exact) mass is 281 g/mol. The van der Waals surface area contributed by atoms with Gasteiger partial charge in [-0.25, -0.2) is 4.39 Å². The first-order valence-corrected chi connectivity index (χ1v) is 7.04. The van der Waals surface area contributed by atoms with Crippen molar-refractivity contribution in [2.75, 3.05) is 26.4 Å². The van der Waals surface area contributed by atoms with E-state index in [-0.39, 0.29) is 29.3 Å². The van der Waals surface area contributed by atoms with Crippen molar-refractivity contribution in [2.45, 2.75) is 26.8 Å². The summed E-state index contributed by atoms with van der Waals surface area (Å²) in [6.45, 7) is 8.46. The highest BCUT2D eigenvalue weighted by atomic mass is 19.1. The average Bonchev–Trinajstić information content (AvgIpc) is 2.33. The van der Waals surface area contributed by atoms with Crippen LogP contribution in [0.25, 0.3) is 0 Å². The molecule has 3 nitrogen and oxygen atoms in total. The molecule has 1 fully saturated rings. The van der Waals surface area contributed by atoms with Gasteiger partial charge >= 0.3 is 0 Å². The zero-order valence-electron chi connectivity index (χ0n) is 12.4. The summed E-state index contributed by atoms with van der Waals surface area (Å²) in [5.74, 6) is -0.222. The van der Waals surface area contributed by atoms with Crippen LogP contribution in [0.4, 0.5) is 4.39 Å². The highest BCUT2D eigenvalue weighted by Gasteiger charge is 2.39. The first-order valence-electron chi connectivity index (χ1n) is 7.04. The molecule has 0 aliphatic carbocycles. The molecular formula is C16H24FNO2. The molecule has 1 aromatic carbocycles. The molecule has 0 amide bonds. The Balaban J connectivity index is 2.10. The Hall–Kier alpha value is -0.970. The fourth-order valence-corrected chi connectivity index (χ4v) is 2.54. The van der Waals surface area contributed by atoms with E-state index in [9.17, 15) is 9.50 Å². The zero-order valence-corrected chi connectivity index (χ0v) is 12.4. The van der Waals surface area contributed by atoms with Gasteiger partial charge < -0.3 is 15.2 Å². The van der Waals surface area contributed by atoms with Gasteiger partial charge in [-0.05, 0) is 23.1 Å². The summed E-state index contributed by atoms with van der Waals surface area (Å²) in [5.41, 5.74) is 0.898. The number of hydrogen-bond donors (Lipinski definition) is 2. The van der Waals surface area contributed by atoms with Crippen molar-refractivity contribution in [2.24, 2.45) is 10.8 Å². The molecule has 1 saturated heterocycles. The molecule has 1 atom stereocenters. The predicted molar refractivity (Wildman–Crippen MR) is 76.9 cm³/mol. The van der Waals surface area contributed by atoms with E-state index in [1.807, 2.05) is 12.1 Å². The summed E-state index contributed by atoms with van der Waals surface area (Å²) < 4.78 is 18.3. The topological polar surface area (TPSA) is 41.5 Å². The largest absolute Gasteiger partial charge is 0.396 e. The van der Waals surface area contributed by atoms with Crippen LogP contribution in [0, 0.1) is 16.6 Å². The van der Waals surface area contributed by atoms with Crippen molar-refractivity contribution < 1.29 is 14.2 Å². The summed E-state index contributed by atoms with van der Waals surface area (Å²) in [7, 11) is 0. The van der Waals surface area contributed by atoms with E-state index in [4.69, 9.17) is 4.74 Å². The second kappa shape index (κ2) is 5.80. The van der Waals surface area contributed by atoms with Gasteiger partial charge in [0, 0.05) is 12.6 Å². The first kappa shape index (κ1) is 15.4. The normalized spacial score (nSPS) is 19.4. The fraction of sp³-hybridized carbons (Fsp3) is 0.625. The molecule has 1 unspecified atom stereocenters. The minimum atomic E-state index is -0.222. The van der Waals surface area contributed by atoms with E-state index < -0.39 is 0 Å². The Labute approximate surface area is 120 Å². The van der Waals surface area contributed by atoms with Gasteiger partial charge in [0.2, 0.25) is 0 Å². The van der Waals surface area contributed by atoms with E-state index >= 15 is 0 Å². The fourth-order valence-electron chi connectivity index (χ4n) is 2.54. The Morgan fingerprint density at radius 2 is 1.90 bits per heavy atom. The molecular weight excluding hydrogens is 257 g/mol. The third-order valence-electron chi connectivity index (χ3n) is 3.90. The van der Waals surface area contributed by atoms with Gasteiger partial charge in [-0.15, -0.1) is 0 Å². The molecule has 1 aliphatic rings. The van der Waals surface area contributed by atoms with E-state index in [1.54, 1.807) is 0 Å². The van der Waals surface area contributed by atoms with E-state index in [0.717, 1.165) is 5.56 Å². The molecule has 4 heteroatoms. The van der Waals surface area contributed by atoms with Crippen molar-refractivity contribution in [3.8, 4) is 0 Å². The quantitative estimate of drug-likeness (QED) is 0.871. The van der Waals surface area contributed by atoms with Crippen molar-refractivity contribution >= 4 is 0 Å². The lowest BCUT2D eigenvalue weighted by atomic mass is 9.80. The average molecular weight is 281 g/mol. The number of aliphatic hydroxyl groups excluding tert-OH is 1. The van der Waals surface area contributed by atoms with Crippen LogP contribution >= 0.6 is 0 Å². The molecule has 1 aliphatic heterocycles. The Kier molecular flexibility index (Phi) is 4.47. The standard InChI is InChI=1S/C16H24FNO2/c1-15(2,3)14(12-4-6-13(17)7-5-12)18-8-16(9-19)10-20-11-16/h4-7,14,18-19H,8-11H2,1-3H3. The molecule has 0 bridgehead atoms. The molecule has 112 valence electrons. The minimum absolute atomic E-state index is 0.000913. The third kappa shape index (κ3) is 3.37. The van der Waals surface area contributed by atoms with Gasteiger partial charge in [-0.1, -0.05) is 32.9 Å². The smallest absolute Gasteiger partial charge is 0.123 e. The van der Waals surface area contributed by atoms with Crippen LogP contribution in [0.1, 0.15) is 32.4 Å². The number of benzene rings is 1. The number of hydrogen-bond acceptors (Lipinski definition) is 3. The van der Waals surface area contributed by atoms with Crippen molar-refractivity contribution in [3.63, 3.8) is 0 Å². The van der Waals surface area contributed by atoms with Gasteiger partial charge in [0.25, 0.3) is 0 Å². The van der Waals surface area contributed by atoms with Crippen LogP contribution in [0.2, 0.25) is 0 Å². The lowest BCUT2D eigenvalue weighted by Gasteiger charge is -2.42. The lowest BCUT2D eigenvalue weighted by Crippen LogP contribution is -2.53. The molecule has 20 heavy (non-hydrogen) atoms. The predicted octanol–water partition coefficient (Wildman–Crippen LogP) is 2.51. The van der Waals surface area contributed by atoms with Gasteiger partial charge in [-0.2, -0.15) is 0 Å². The lowest BCUT2D eigenvalue weighted by molar-refractivity contribution is -0.136. The van der Waals surface area contributed by atoms with E-state index in [2.05, 4.69) is 26.1 Å². The van der Waals surface area contributed by atoms with Crippen LogP contribution in [-0.4, -0.2) is 31.5 Å². The summed E-state index contributed by atoms with van der Waals surface area (Å²) in [6.07, 6.45) is 0. The number of halogens is 1. The van der Waals surface area contributed by atoms with Crippen LogP contribution in [0.15, 0.2) is 24.3 Å². The van der Waals surface area contributed by atoms with Crippen LogP contribution in [-0.2, 0) is 4.74 Å². The first-order chi connectivity index (χ1) is 9.36. The Morgan fingerprint density at radius 3 is 2.30 bits per heavy atom. The van der Waals surface area contributed by atoms with E-state index in [1.165, 1.54) is 12.1 Å². The van der Waals surface area contributed by atoms with Gasteiger partial charge in [-0.3, -0.25) is 0 Å². The maximum atomic E-state index is 13.1. The van der Waals surface area contributed by atoms with Gasteiger partial charge in [0.1, 0.15) is 5.82 Å². The second-order valence-corrected chi connectivity index (χ2v) is 6.88. The van der Waals surface area contributed by atoms with Crippen molar-refractivity contribution in [1.29, 1.82) is 0 Å². The summed E-state index contributed by atoms with van der Waals surface area (Å²) >= 11 is 0. The molecule has 0 spiro atoms. The summed E-state index contributed by atoms with van der Waals surface area (Å²) in [6, 6.07) is 6.73. The van der Waals surface area contributed by atoms with Crippen LogP contribution in [0.3, 0.4) is 0 Å². The Morgan fingerprint density at radius 1 is 1.30 bits per heavy atom. The SMILES string of the molecule is CC(C)(C)C(NCC1(CO)COC1)c1ccc(F)cc1. The van der Waals surface area contributed by atoms with Gasteiger partial charge in [0.05, 0.1) is 25.2 Å². The molecule has 1 aromatic rings. The molecule has 0 radical (unpaired) electrons. The molecule has 1 heterocycles. The molecule has 0 saturated carbocycles. The maximum Gasteiger partial charge on any atom is 0.123 e. The minimum Gasteiger partial charge on any atom is -0.396 e. The second-order valence-electron chi connectivity index (χ2n) is 6.88. The highest BCUT2D eigenvalue weighted by molar-refractivity contribution is 5.21.